The minimum Gasteiger partial charge on any atom is -0.383 e. The van der Waals surface area contributed by atoms with Crippen LogP contribution in [0.1, 0.15) is 43.8 Å². The van der Waals surface area contributed by atoms with Crippen molar-refractivity contribution < 1.29 is 9.53 Å². The lowest BCUT2D eigenvalue weighted by molar-refractivity contribution is 0.186. The minimum absolute atomic E-state index is 0.0806. The van der Waals surface area contributed by atoms with Crippen molar-refractivity contribution >= 4 is 17.2 Å². The monoisotopic (exact) mass is 357 g/mol. The fourth-order valence-corrected chi connectivity index (χ4v) is 4.18. The fraction of sp³-hybridized carbons (Fsp3) is 0.632. The zero-order valence-corrected chi connectivity index (χ0v) is 15.4. The first-order chi connectivity index (χ1) is 12.8. The number of amides is 2. The first-order valence-corrected chi connectivity index (χ1v) is 9.62. The van der Waals surface area contributed by atoms with Crippen LogP contribution in [0.5, 0.6) is 0 Å². The van der Waals surface area contributed by atoms with Crippen LogP contribution < -0.4 is 5.32 Å². The van der Waals surface area contributed by atoms with Crippen LogP contribution in [0.15, 0.2) is 18.3 Å². The molecule has 1 aliphatic heterocycles. The van der Waals surface area contributed by atoms with Gasteiger partial charge in [-0.15, -0.1) is 0 Å². The Labute approximate surface area is 153 Å². The molecule has 2 fully saturated rings. The van der Waals surface area contributed by atoms with E-state index in [9.17, 15) is 4.79 Å². The van der Waals surface area contributed by atoms with E-state index in [4.69, 9.17) is 9.72 Å². The number of hydrogen-bond acceptors (Lipinski definition) is 4. The molecule has 4 rings (SSSR count). The van der Waals surface area contributed by atoms with E-state index in [0.29, 0.717) is 12.6 Å². The van der Waals surface area contributed by atoms with Gasteiger partial charge in [-0.25, -0.2) is 14.8 Å². The summed E-state index contributed by atoms with van der Waals surface area (Å²) in [5.41, 5.74) is 1.81. The Morgan fingerprint density at radius 3 is 3.00 bits per heavy atom. The number of nitrogens with zero attached hydrogens (tertiary/aromatic N) is 4. The number of likely N-dealkylation sites (tertiary alicyclic amines) is 1. The average Bonchev–Trinajstić information content (AvgIpc) is 3.39. The number of nitrogens with one attached hydrogen (secondary N) is 1. The molecule has 2 aromatic rings. The lowest BCUT2D eigenvalue weighted by Gasteiger charge is -2.20. The van der Waals surface area contributed by atoms with Crippen LogP contribution >= 0.6 is 0 Å². The van der Waals surface area contributed by atoms with E-state index in [2.05, 4.69) is 14.9 Å². The van der Waals surface area contributed by atoms with Gasteiger partial charge < -0.3 is 19.5 Å². The molecule has 140 valence electrons. The molecule has 1 saturated heterocycles. The summed E-state index contributed by atoms with van der Waals surface area (Å²) in [5, 5.41) is 3.20. The molecule has 2 amide bonds. The molecule has 1 unspecified atom stereocenters. The molecule has 1 aliphatic carbocycles. The van der Waals surface area contributed by atoms with Crippen LogP contribution in [-0.4, -0.2) is 58.3 Å². The molecule has 1 saturated carbocycles. The fourth-order valence-electron chi connectivity index (χ4n) is 4.18. The van der Waals surface area contributed by atoms with Crippen molar-refractivity contribution in [2.45, 2.75) is 50.6 Å². The number of ether oxygens (including phenoxy) is 1. The summed E-state index contributed by atoms with van der Waals surface area (Å²) >= 11 is 0. The normalized spacial score (nSPS) is 21.0. The summed E-state index contributed by atoms with van der Waals surface area (Å²) in [6.07, 6.45) is 7.42. The van der Waals surface area contributed by atoms with Crippen molar-refractivity contribution in [3.8, 4) is 0 Å². The molecular formula is C19H27N5O2. The number of fused-ring (bicyclic) bond motifs is 1. The molecule has 0 spiro atoms. The molecule has 0 bridgehead atoms. The predicted molar refractivity (Wildman–Crippen MR) is 99.1 cm³/mol. The molecule has 1 atom stereocenters. The number of carbonyl (C=O) groups is 1. The quantitative estimate of drug-likeness (QED) is 0.892. The van der Waals surface area contributed by atoms with Gasteiger partial charge in [-0.05, 0) is 31.4 Å². The first kappa shape index (κ1) is 17.3. The van der Waals surface area contributed by atoms with Gasteiger partial charge in [0.2, 0.25) is 0 Å². The van der Waals surface area contributed by atoms with Crippen LogP contribution in [0, 0.1) is 0 Å². The molecule has 1 N–H and O–H groups in total. The van der Waals surface area contributed by atoms with E-state index in [1.165, 1.54) is 12.8 Å². The number of aromatic nitrogens is 3. The topological polar surface area (TPSA) is 72.3 Å². The molecule has 26 heavy (non-hydrogen) atoms. The van der Waals surface area contributed by atoms with Gasteiger partial charge in [0.05, 0.1) is 6.61 Å². The van der Waals surface area contributed by atoms with E-state index in [1.54, 1.807) is 13.3 Å². The highest BCUT2D eigenvalue weighted by atomic mass is 16.5. The molecule has 3 heterocycles. The van der Waals surface area contributed by atoms with Gasteiger partial charge in [-0.1, -0.05) is 12.8 Å². The Bertz CT molecular complexity index is 768. The molecule has 2 aromatic heterocycles. The average molecular weight is 357 g/mol. The van der Waals surface area contributed by atoms with Crippen molar-refractivity contribution in [3.63, 3.8) is 0 Å². The second-order valence-electron chi connectivity index (χ2n) is 7.32. The van der Waals surface area contributed by atoms with Gasteiger partial charge in [-0.3, -0.25) is 0 Å². The zero-order chi connectivity index (χ0) is 17.9. The summed E-state index contributed by atoms with van der Waals surface area (Å²) in [4.78, 5) is 23.8. The van der Waals surface area contributed by atoms with E-state index >= 15 is 0 Å². The van der Waals surface area contributed by atoms with Crippen LogP contribution in [0.3, 0.4) is 0 Å². The number of hydrogen-bond donors (Lipinski definition) is 1. The van der Waals surface area contributed by atoms with Gasteiger partial charge in [0.1, 0.15) is 11.3 Å². The molecule has 0 radical (unpaired) electrons. The van der Waals surface area contributed by atoms with Gasteiger partial charge >= 0.3 is 6.03 Å². The van der Waals surface area contributed by atoms with E-state index in [1.807, 2.05) is 17.0 Å². The Kier molecular flexibility index (Phi) is 5.06. The lowest BCUT2D eigenvalue weighted by atomic mass is 10.1. The molecule has 2 aliphatic rings. The Morgan fingerprint density at radius 1 is 1.35 bits per heavy atom. The lowest BCUT2D eigenvalue weighted by Crippen LogP contribution is -2.42. The van der Waals surface area contributed by atoms with E-state index in [-0.39, 0.29) is 11.9 Å². The molecule has 7 nitrogen and oxygen atoms in total. The van der Waals surface area contributed by atoms with Crippen LogP contribution in [0.4, 0.5) is 4.79 Å². The third kappa shape index (κ3) is 3.40. The first-order valence-electron chi connectivity index (χ1n) is 9.62. The number of pyridine rings is 1. The predicted octanol–water partition coefficient (Wildman–Crippen LogP) is 2.52. The SMILES string of the molecule is COCCn1c(C2CCN(C(=O)NC3CCCC3)C2)nc2cccnc21. The van der Waals surface area contributed by atoms with E-state index in [0.717, 1.165) is 55.9 Å². The maximum absolute atomic E-state index is 12.6. The second-order valence-corrected chi connectivity index (χ2v) is 7.32. The number of urea groups is 1. The van der Waals surface area contributed by atoms with Crippen molar-refractivity contribution in [1.82, 2.24) is 24.8 Å². The Morgan fingerprint density at radius 2 is 2.19 bits per heavy atom. The summed E-state index contributed by atoms with van der Waals surface area (Å²) in [5.74, 6) is 1.27. The number of rotatable bonds is 5. The largest absolute Gasteiger partial charge is 0.383 e. The summed E-state index contributed by atoms with van der Waals surface area (Å²) in [6, 6.07) is 4.35. The molecular weight excluding hydrogens is 330 g/mol. The highest BCUT2D eigenvalue weighted by Gasteiger charge is 2.32. The molecule has 7 heteroatoms. The highest BCUT2D eigenvalue weighted by molar-refractivity contribution is 5.75. The smallest absolute Gasteiger partial charge is 0.317 e. The van der Waals surface area contributed by atoms with Crippen LogP contribution in [-0.2, 0) is 11.3 Å². The van der Waals surface area contributed by atoms with Gasteiger partial charge in [0.25, 0.3) is 0 Å². The second kappa shape index (κ2) is 7.61. The van der Waals surface area contributed by atoms with E-state index < -0.39 is 0 Å². The summed E-state index contributed by atoms with van der Waals surface area (Å²) in [7, 11) is 1.71. The van der Waals surface area contributed by atoms with Crippen LogP contribution in [0.2, 0.25) is 0 Å². The highest BCUT2D eigenvalue weighted by Crippen LogP contribution is 2.29. The number of imidazole rings is 1. The van der Waals surface area contributed by atoms with Gasteiger partial charge in [0.15, 0.2) is 5.65 Å². The van der Waals surface area contributed by atoms with Crippen molar-refractivity contribution in [1.29, 1.82) is 0 Å². The van der Waals surface area contributed by atoms with Crippen LogP contribution in [0.25, 0.3) is 11.2 Å². The third-order valence-electron chi connectivity index (χ3n) is 5.58. The Balaban J connectivity index is 1.50. The minimum atomic E-state index is 0.0806. The van der Waals surface area contributed by atoms with Crippen molar-refractivity contribution in [2.75, 3.05) is 26.8 Å². The Hall–Kier alpha value is -2.15. The number of carbonyl (C=O) groups excluding carboxylic acids is 1. The van der Waals surface area contributed by atoms with Crippen molar-refractivity contribution in [3.05, 3.63) is 24.2 Å². The summed E-state index contributed by atoms with van der Waals surface area (Å²) < 4.78 is 7.42. The number of methoxy groups -OCH3 is 1. The summed E-state index contributed by atoms with van der Waals surface area (Å²) in [6.45, 7) is 2.84. The standard InChI is InChI=1S/C19H27N5O2/c1-26-12-11-24-17(22-16-7-4-9-20-18(16)24)14-8-10-23(13-14)19(25)21-15-5-2-3-6-15/h4,7,9,14-15H,2-3,5-6,8,10-13H2,1H3,(H,21,25). The van der Waals surface area contributed by atoms with Crippen molar-refractivity contribution in [2.24, 2.45) is 0 Å². The maximum atomic E-state index is 12.6. The van der Waals surface area contributed by atoms with Gasteiger partial charge in [0, 0.05) is 44.9 Å². The molecule has 0 aromatic carbocycles. The van der Waals surface area contributed by atoms with Gasteiger partial charge in [-0.2, -0.15) is 0 Å². The zero-order valence-electron chi connectivity index (χ0n) is 15.4. The maximum Gasteiger partial charge on any atom is 0.317 e. The third-order valence-corrected chi connectivity index (χ3v) is 5.58.